The minimum atomic E-state index is -3.50. The van der Waals surface area contributed by atoms with Crippen molar-refractivity contribution in [3.8, 4) is 0 Å². The molecule has 2 rings (SSSR count). The third-order valence-electron chi connectivity index (χ3n) is 3.08. The molecule has 0 bridgehead atoms. The van der Waals surface area contributed by atoms with Crippen molar-refractivity contribution in [3.63, 3.8) is 0 Å². The fourth-order valence-corrected chi connectivity index (χ4v) is 3.28. The molecule has 22 heavy (non-hydrogen) atoms. The maximum Gasteiger partial charge on any atom is 0.220 e. The fraction of sp³-hybridized carbons (Fsp3) is 0.429. The highest BCUT2D eigenvalue weighted by atomic mass is 32.2. The van der Waals surface area contributed by atoms with Gasteiger partial charge in [-0.05, 0) is 26.2 Å². The molecule has 0 unspecified atom stereocenters. The number of hydrogen-bond acceptors (Lipinski definition) is 6. The molecule has 8 heteroatoms. The Balaban J connectivity index is 2.15. The molecule has 0 aliphatic heterocycles. The normalized spacial score (nSPS) is 12.2. The third-order valence-corrected chi connectivity index (χ3v) is 4.84. The van der Waals surface area contributed by atoms with Gasteiger partial charge in [0.1, 0.15) is 12.0 Å². The van der Waals surface area contributed by atoms with Crippen molar-refractivity contribution in [3.05, 3.63) is 48.1 Å². The van der Waals surface area contributed by atoms with E-state index >= 15 is 0 Å². The van der Waals surface area contributed by atoms with Crippen molar-refractivity contribution in [2.75, 3.05) is 27.2 Å². The summed E-state index contributed by atoms with van der Waals surface area (Å²) in [4.78, 5) is 6.14. The fourth-order valence-electron chi connectivity index (χ4n) is 1.89. The van der Waals surface area contributed by atoms with Crippen LogP contribution in [0.2, 0.25) is 0 Å². The lowest BCUT2D eigenvalue weighted by atomic mass is 10.3. The van der Waals surface area contributed by atoms with Gasteiger partial charge in [-0.25, -0.2) is 8.42 Å². The predicted octanol–water partition coefficient (Wildman–Crippen LogP) is 0.963. The SMILES string of the molecule is CN(C)CCN(Cc1ccccn1)S(=O)(=O)Cc1ccon1. The molecule has 0 saturated heterocycles. The molecule has 7 nitrogen and oxygen atoms in total. The maximum absolute atomic E-state index is 12.6. The molecule has 0 fully saturated rings. The summed E-state index contributed by atoms with van der Waals surface area (Å²) in [5, 5.41) is 3.68. The lowest BCUT2D eigenvalue weighted by Crippen LogP contribution is -2.37. The zero-order valence-corrected chi connectivity index (χ0v) is 13.5. The van der Waals surface area contributed by atoms with Crippen molar-refractivity contribution in [1.82, 2.24) is 19.3 Å². The van der Waals surface area contributed by atoms with Crippen LogP contribution in [0.5, 0.6) is 0 Å². The second-order valence-electron chi connectivity index (χ2n) is 5.20. The third kappa shape index (κ3) is 4.90. The summed E-state index contributed by atoms with van der Waals surface area (Å²) in [5.41, 5.74) is 1.11. The highest BCUT2D eigenvalue weighted by Gasteiger charge is 2.24. The topological polar surface area (TPSA) is 79.5 Å². The standard InChI is InChI=1S/C14H20N4O3S/c1-17(2)8-9-18(11-13-5-3-4-7-15-13)22(19,20)12-14-6-10-21-16-14/h3-7,10H,8-9,11-12H2,1-2H3. The number of hydrogen-bond donors (Lipinski definition) is 0. The van der Waals surface area contributed by atoms with Crippen molar-refractivity contribution in [2.45, 2.75) is 12.3 Å². The number of pyridine rings is 1. The van der Waals surface area contributed by atoms with Crippen LogP contribution in [-0.4, -0.2) is 54.9 Å². The monoisotopic (exact) mass is 324 g/mol. The molecule has 0 aliphatic carbocycles. The van der Waals surface area contributed by atoms with E-state index in [0.29, 0.717) is 24.5 Å². The molecule has 0 atom stereocenters. The molecule has 2 aromatic rings. The minimum absolute atomic E-state index is 0.177. The molecule has 0 spiro atoms. The van der Waals surface area contributed by atoms with E-state index in [4.69, 9.17) is 4.52 Å². The molecule has 0 amide bonds. The highest BCUT2D eigenvalue weighted by molar-refractivity contribution is 7.88. The number of aromatic nitrogens is 2. The molecule has 2 aromatic heterocycles. The average Bonchev–Trinajstić information content (AvgIpc) is 2.96. The Bertz CT molecular complexity index is 657. The van der Waals surface area contributed by atoms with E-state index < -0.39 is 10.0 Å². The lowest BCUT2D eigenvalue weighted by molar-refractivity contribution is 0.326. The quantitative estimate of drug-likeness (QED) is 0.720. The van der Waals surface area contributed by atoms with Gasteiger partial charge in [-0.3, -0.25) is 4.98 Å². The summed E-state index contributed by atoms with van der Waals surface area (Å²) in [7, 11) is 0.317. The predicted molar refractivity (Wildman–Crippen MR) is 82.3 cm³/mol. The van der Waals surface area contributed by atoms with Crippen LogP contribution in [0.1, 0.15) is 11.4 Å². The highest BCUT2D eigenvalue weighted by Crippen LogP contribution is 2.12. The molecule has 0 saturated carbocycles. The van der Waals surface area contributed by atoms with E-state index in [1.54, 1.807) is 18.3 Å². The molecular formula is C14H20N4O3S. The number of likely N-dealkylation sites (N-methyl/N-ethyl adjacent to an activating group) is 1. The van der Waals surface area contributed by atoms with Crippen molar-refractivity contribution >= 4 is 10.0 Å². The van der Waals surface area contributed by atoms with Gasteiger partial charge in [-0.15, -0.1) is 0 Å². The summed E-state index contributed by atoms with van der Waals surface area (Å²) in [6.45, 7) is 1.27. The summed E-state index contributed by atoms with van der Waals surface area (Å²) in [6.07, 6.45) is 3.03. The van der Waals surface area contributed by atoms with Crippen molar-refractivity contribution in [2.24, 2.45) is 0 Å². The van der Waals surface area contributed by atoms with Crippen LogP contribution in [0, 0.1) is 0 Å². The van der Waals surface area contributed by atoms with Gasteiger partial charge in [0, 0.05) is 25.4 Å². The van der Waals surface area contributed by atoms with E-state index in [1.807, 2.05) is 31.1 Å². The number of sulfonamides is 1. The Labute approximate surface area is 130 Å². The van der Waals surface area contributed by atoms with E-state index in [-0.39, 0.29) is 12.3 Å². The Hall–Kier alpha value is -1.77. The van der Waals surface area contributed by atoms with Crippen LogP contribution in [0.15, 0.2) is 41.2 Å². The second-order valence-corrected chi connectivity index (χ2v) is 7.17. The van der Waals surface area contributed by atoms with Crippen LogP contribution < -0.4 is 0 Å². The zero-order chi connectivity index (χ0) is 16.0. The molecule has 0 aromatic carbocycles. The molecule has 2 heterocycles. The molecule has 0 N–H and O–H groups in total. The van der Waals surface area contributed by atoms with Gasteiger partial charge in [0.05, 0.1) is 17.9 Å². The van der Waals surface area contributed by atoms with Crippen LogP contribution in [0.3, 0.4) is 0 Å². The largest absolute Gasteiger partial charge is 0.364 e. The molecule has 0 radical (unpaired) electrons. The summed E-state index contributed by atoms with van der Waals surface area (Å²) in [6, 6.07) is 7.02. The van der Waals surface area contributed by atoms with Crippen LogP contribution in [0.25, 0.3) is 0 Å². The Morgan fingerprint density at radius 1 is 1.14 bits per heavy atom. The van der Waals surface area contributed by atoms with E-state index in [1.165, 1.54) is 10.6 Å². The first-order valence-electron chi connectivity index (χ1n) is 6.89. The molecule has 0 aliphatic rings. The first-order valence-corrected chi connectivity index (χ1v) is 8.50. The first kappa shape index (κ1) is 16.6. The van der Waals surface area contributed by atoms with Gasteiger partial charge >= 0.3 is 0 Å². The van der Waals surface area contributed by atoms with Crippen LogP contribution in [-0.2, 0) is 22.3 Å². The van der Waals surface area contributed by atoms with E-state index in [9.17, 15) is 8.42 Å². The van der Waals surface area contributed by atoms with Gasteiger partial charge in [0.15, 0.2) is 0 Å². The Morgan fingerprint density at radius 2 is 1.95 bits per heavy atom. The second kappa shape index (κ2) is 7.48. The average molecular weight is 324 g/mol. The van der Waals surface area contributed by atoms with Crippen LogP contribution in [0.4, 0.5) is 0 Å². The first-order chi connectivity index (χ1) is 10.5. The lowest BCUT2D eigenvalue weighted by Gasteiger charge is -2.23. The zero-order valence-electron chi connectivity index (χ0n) is 12.7. The van der Waals surface area contributed by atoms with Crippen LogP contribution >= 0.6 is 0 Å². The van der Waals surface area contributed by atoms with Gasteiger partial charge in [0.2, 0.25) is 10.0 Å². The minimum Gasteiger partial charge on any atom is -0.364 e. The molecular weight excluding hydrogens is 304 g/mol. The number of nitrogens with zero attached hydrogens (tertiary/aromatic N) is 4. The number of rotatable bonds is 8. The van der Waals surface area contributed by atoms with Gasteiger partial charge in [0.25, 0.3) is 0 Å². The van der Waals surface area contributed by atoms with Gasteiger partial charge < -0.3 is 9.42 Å². The molecule has 120 valence electrons. The summed E-state index contributed by atoms with van der Waals surface area (Å²) in [5.74, 6) is -0.177. The summed E-state index contributed by atoms with van der Waals surface area (Å²) >= 11 is 0. The van der Waals surface area contributed by atoms with E-state index in [0.717, 1.165) is 0 Å². The smallest absolute Gasteiger partial charge is 0.220 e. The van der Waals surface area contributed by atoms with Crippen molar-refractivity contribution < 1.29 is 12.9 Å². The van der Waals surface area contributed by atoms with E-state index in [2.05, 4.69) is 10.1 Å². The Morgan fingerprint density at radius 3 is 2.55 bits per heavy atom. The maximum atomic E-state index is 12.6. The van der Waals surface area contributed by atoms with Crippen molar-refractivity contribution in [1.29, 1.82) is 0 Å². The Kier molecular flexibility index (Phi) is 5.64. The van der Waals surface area contributed by atoms with Gasteiger partial charge in [-0.1, -0.05) is 11.2 Å². The summed E-state index contributed by atoms with van der Waals surface area (Å²) < 4.78 is 31.4. The van der Waals surface area contributed by atoms with Gasteiger partial charge in [-0.2, -0.15) is 4.31 Å².